The van der Waals surface area contributed by atoms with E-state index in [1.807, 2.05) is 43.5 Å². The molecule has 2 heterocycles. The van der Waals surface area contributed by atoms with Crippen molar-refractivity contribution < 1.29 is 9.59 Å². The van der Waals surface area contributed by atoms with Gasteiger partial charge in [-0.2, -0.15) is 0 Å². The Morgan fingerprint density at radius 2 is 2.04 bits per heavy atom. The quantitative estimate of drug-likeness (QED) is 0.454. The van der Waals surface area contributed by atoms with Gasteiger partial charge in [-0.25, -0.2) is 0 Å². The predicted octanol–water partition coefficient (Wildman–Crippen LogP) is 3.96. The summed E-state index contributed by atoms with van der Waals surface area (Å²) < 4.78 is 0.907. The molecule has 122 valence electrons. The van der Waals surface area contributed by atoms with Gasteiger partial charge in [0.2, 0.25) is 0 Å². The van der Waals surface area contributed by atoms with Crippen molar-refractivity contribution in [1.82, 2.24) is 5.32 Å². The second-order valence-corrected chi connectivity index (χ2v) is 7.59. The highest BCUT2D eigenvalue weighted by Crippen LogP contribution is 2.28. The number of anilines is 1. The van der Waals surface area contributed by atoms with Crippen molar-refractivity contribution >= 4 is 68.2 Å². The summed E-state index contributed by atoms with van der Waals surface area (Å²) in [4.78, 5) is 27.4. The number of amides is 2. The first kappa shape index (κ1) is 17.0. The third kappa shape index (κ3) is 3.07. The molecule has 2 aromatic rings. The molecule has 7 heteroatoms. The van der Waals surface area contributed by atoms with E-state index >= 15 is 0 Å². The number of hydrogen-bond acceptors (Lipinski definition) is 4. The van der Waals surface area contributed by atoms with Crippen molar-refractivity contribution in [2.24, 2.45) is 0 Å². The number of rotatable bonds is 2. The molecular weight excluding hydrogens is 408 g/mol. The van der Waals surface area contributed by atoms with E-state index in [0.29, 0.717) is 5.69 Å². The number of carbonyl (C=O) groups is 2. The zero-order valence-electron chi connectivity index (χ0n) is 12.9. The van der Waals surface area contributed by atoms with Gasteiger partial charge < -0.3 is 0 Å². The molecule has 2 amide bonds. The van der Waals surface area contributed by atoms with Crippen LogP contribution in [0.4, 0.5) is 5.69 Å². The normalized spacial score (nSPS) is 16.7. The Bertz CT molecular complexity index is 902. The highest BCUT2D eigenvalue weighted by Gasteiger charge is 2.35. The maximum atomic E-state index is 12.9. The van der Waals surface area contributed by atoms with Crippen molar-refractivity contribution in [2.45, 2.75) is 13.8 Å². The number of thiocarbonyl (C=S) groups is 1. The largest absolute Gasteiger partial charge is 0.298 e. The van der Waals surface area contributed by atoms with Crippen LogP contribution >= 0.6 is 39.5 Å². The van der Waals surface area contributed by atoms with E-state index in [1.54, 1.807) is 6.08 Å². The number of nitrogens with one attached hydrogen (secondary N) is 1. The van der Waals surface area contributed by atoms with Gasteiger partial charge in [0.1, 0.15) is 5.57 Å². The molecule has 1 aliphatic heterocycles. The van der Waals surface area contributed by atoms with Gasteiger partial charge in [-0.1, -0.05) is 12.1 Å². The predicted molar refractivity (Wildman–Crippen MR) is 104 cm³/mol. The molecule has 1 N–H and O–H groups in total. The summed E-state index contributed by atoms with van der Waals surface area (Å²) in [7, 11) is 0. The molecule has 4 nitrogen and oxygen atoms in total. The monoisotopic (exact) mass is 420 g/mol. The minimum absolute atomic E-state index is 0.0684. The van der Waals surface area contributed by atoms with Crippen molar-refractivity contribution in [2.75, 3.05) is 4.90 Å². The van der Waals surface area contributed by atoms with Crippen molar-refractivity contribution in [3.63, 3.8) is 0 Å². The van der Waals surface area contributed by atoms with E-state index in [1.165, 1.54) is 16.2 Å². The Balaban J connectivity index is 2.06. The van der Waals surface area contributed by atoms with Crippen LogP contribution in [0.25, 0.3) is 6.08 Å². The maximum Gasteiger partial charge on any atom is 0.270 e. The fourth-order valence-electron chi connectivity index (χ4n) is 2.40. The van der Waals surface area contributed by atoms with E-state index in [9.17, 15) is 9.59 Å². The molecule has 1 fully saturated rings. The van der Waals surface area contributed by atoms with Gasteiger partial charge in [-0.15, -0.1) is 11.3 Å². The number of halogens is 1. The third-order valence-electron chi connectivity index (χ3n) is 3.79. The molecule has 0 atom stereocenters. The van der Waals surface area contributed by atoms with E-state index in [4.69, 9.17) is 12.2 Å². The molecule has 0 spiro atoms. The third-order valence-corrected chi connectivity index (χ3v) is 5.72. The molecule has 1 saturated heterocycles. The zero-order valence-corrected chi connectivity index (χ0v) is 16.1. The fourth-order valence-corrected chi connectivity index (χ4v) is 4.05. The lowest BCUT2D eigenvalue weighted by Crippen LogP contribution is -2.54. The highest BCUT2D eigenvalue weighted by atomic mass is 79.9. The van der Waals surface area contributed by atoms with Crippen molar-refractivity contribution in [3.8, 4) is 0 Å². The van der Waals surface area contributed by atoms with Crippen LogP contribution in [0, 0.1) is 13.8 Å². The van der Waals surface area contributed by atoms with Crippen LogP contribution in [-0.2, 0) is 9.59 Å². The molecule has 0 bridgehead atoms. The molecule has 0 radical (unpaired) electrons. The number of nitrogens with zero attached hydrogens (tertiary/aromatic N) is 1. The molecule has 1 aromatic carbocycles. The summed E-state index contributed by atoms with van der Waals surface area (Å²) in [5, 5.41) is 4.60. The van der Waals surface area contributed by atoms with Crippen LogP contribution in [-0.4, -0.2) is 16.9 Å². The molecule has 0 unspecified atom stereocenters. The first-order valence-corrected chi connectivity index (χ1v) is 9.18. The van der Waals surface area contributed by atoms with Crippen molar-refractivity contribution in [1.29, 1.82) is 0 Å². The van der Waals surface area contributed by atoms with Crippen LogP contribution in [0.15, 0.2) is 39.7 Å². The molecule has 0 aliphatic carbocycles. The van der Waals surface area contributed by atoms with Gasteiger partial charge in [0.15, 0.2) is 5.11 Å². The second-order valence-electron chi connectivity index (χ2n) is 5.34. The summed E-state index contributed by atoms with van der Waals surface area (Å²) in [5.74, 6) is -0.891. The summed E-state index contributed by atoms with van der Waals surface area (Å²) >= 11 is 10.0. The Morgan fingerprint density at radius 1 is 1.29 bits per heavy atom. The lowest BCUT2D eigenvalue weighted by Gasteiger charge is -2.30. The average Bonchev–Trinajstić information content (AvgIpc) is 2.93. The number of aryl methyl sites for hydroxylation is 1. The molecular formula is C17H13BrN2O2S2. The van der Waals surface area contributed by atoms with Gasteiger partial charge in [-0.05, 0) is 71.3 Å². The number of thiophene rings is 1. The zero-order chi connectivity index (χ0) is 17.4. The summed E-state index contributed by atoms with van der Waals surface area (Å²) in [6, 6.07) is 7.51. The van der Waals surface area contributed by atoms with E-state index < -0.39 is 11.8 Å². The van der Waals surface area contributed by atoms with Crippen LogP contribution < -0.4 is 10.2 Å². The molecule has 1 aliphatic rings. The van der Waals surface area contributed by atoms with E-state index in [2.05, 4.69) is 21.2 Å². The fraction of sp³-hybridized carbons (Fsp3) is 0.118. The Kier molecular flexibility index (Phi) is 4.67. The standard InChI is InChI=1S/C17H13BrN2O2S2/c1-9-4-3-5-14(10(9)2)20-16(22)13(15(21)19-17(20)23)7-12-6-11(18)8-24-12/h3-8H,1-2H3,(H,19,21,23)/b13-7+. The van der Waals surface area contributed by atoms with E-state index in [-0.39, 0.29) is 10.7 Å². The number of carbonyl (C=O) groups excluding carboxylic acids is 2. The van der Waals surface area contributed by atoms with Gasteiger partial charge in [0, 0.05) is 14.7 Å². The maximum absolute atomic E-state index is 12.9. The topological polar surface area (TPSA) is 49.4 Å². The summed E-state index contributed by atoms with van der Waals surface area (Å²) in [6.07, 6.45) is 1.59. The minimum atomic E-state index is -0.476. The van der Waals surface area contributed by atoms with Crippen molar-refractivity contribution in [3.05, 3.63) is 55.7 Å². The van der Waals surface area contributed by atoms with Crippen LogP contribution in [0.2, 0.25) is 0 Å². The molecule has 24 heavy (non-hydrogen) atoms. The molecule has 0 saturated carbocycles. The highest BCUT2D eigenvalue weighted by molar-refractivity contribution is 9.10. The van der Waals surface area contributed by atoms with E-state index in [0.717, 1.165) is 20.5 Å². The van der Waals surface area contributed by atoms with Crippen LogP contribution in [0.1, 0.15) is 16.0 Å². The Morgan fingerprint density at radius 3 is 2.71 bits per heavy atom. The Hall–Kier alpha value is -1.83. The number of hydrogen-bond donors (Lipinski definition) is 1. The first-order chi connectivity index (χ1) is 11.4. The number of benzene rings is 1. The molecule has 3 rings (SSSR count). The first-order valence-electron chi connectivity index (χ1n) is 7.10. The minimum Gasteiger partial charge on any atom is -0.298 e. The summed E-state index contributed by atoms with van der Waals surface area (Å²) in [5.41, 5.74) is 2.75. The van der Waals surface area contributed by atoms with Gasteiger partial charge >= 0.3 is 0 Å². The Labute approximate surface area is 157 Å². The van der Waals surface area contributed by atoms with Gasteiger partial charge in [0.25, 0.3) is 11.8 Å². The summed E-state index contributed by atoms with van der Waals surface area (Å²) in [6.45, 7) is 3.89. The van der Waals surface area contributed by atoms with Gasteiger partial charge in [0.05, 0.1) is 5.69 Å². The second kappa shape index (κ2) is 6.58. The SMILES string of the molecule is Cc1cccc(N2C(=O)/C(=C/c3cc(Br)cs3)C(=O)NC2=S)c1C. The lowest BCUT2D eigenvalue weighted by molar-refractivity contribution is -0.122. The van der Waals surface area contributed by atoms with Crippen LogP contribution in [0.3, 0.4) is 0 Å². The van der Waals surface area contributed by atoms with Gasteiger partial charge in [-0.3, -0.25) is 19.8 Å². The average molecular weight is 421 g/mol. The smallest absolute Gasteiger partial charge is 0.270 e. The lowest BCUT2D eigenvalue weighted by atomic mass is 10.1. The molecule has 1 aromatic heterocycles. The van der Waals surface area contributed by atoms with Crippen LogP contribution in [0.5, 0.6) is 0 Å².